The van der Waals surface area contributed by atoms with Crippen LogP contribution in [0.1, 0.15) is 29.6 Å². The van der Waals surface area contributed by atoms with Crippen LogP contribution < -0.4 is 16.0 Å². The van der Waals surface area contributed by atoms with E-state index in [9.17, 15) is 22.8 Å². The van der Waals surface area contributed by atoms with Gasteiger partial charge in [0, 0.05) is 17.7 Å². The summed E-state index contributed by atoms with van der Waals surface area (Å²) >= 11 is 0. The first-order chi connectivity index (χ1) is 11.3. The van der Waals surface area contributed by atoms with Gasteiger partial charge in [0.1, 0.15) is 6.54 Å². The van der Waals surface area contributed by atoms with E-state index in [2.05, 4.69) is 10.6 Å². The summed E-state index contributed by atoms with van der Waals surface area (Å²) in [4.78, 5) is 23.4. The second-order valence-corrected chi connectivity index (χ2v) is 5.82. The third-order valence-electron chi connectivity index (χ3n) is 3.82. The first kappa shape index (κ1) is 18.3. The highest BCUT2D eigenvalue weighted by Gasteiger charge is 2.27. The van der Waals surface area contributed by atoms with E-state index in [0.29, 0.717) is 18.0 Å². The van der Waals surface area contributed by atoms with Crippen LogP contribution in [0.5, 0.6) is 0 Å². The molecule has 24 heavy (non-hydrogen) atoms. The third kappa shape index (κ3) is 6.19. The van der Waals surface area contributed by atoms with E-state index in [0.717, 1.165) is 25.9 Å². The Balaban J connectivity index is 1.78. The summed E-state index contributed by atoms with van der Waals surface area (Å²) in [6, 6.07) is 5.75. The molecule has 3 N–H and O–H groups in total. The quantitative estimate of drug-likeness (QED) is 0.742. The number of carbonyl (C=O) groups is 2. The molecule has 0 aromatic heterocycles. The number of rotatable bonds is 6. The van der Waals surface area contributed by atoms with Crippen LogP contribution in [0.25, 0.3) is 0 Å². The Morgan fingerprint density at radius 1 is 1.21 bits per heavy atom. The van der Waals surface area contributed by atoms with Gasteiger partial charge in [-0.25, -0.2) is 0 Å². The van der Waals surface area contributed by atoms with Crippen molar-refractivity contribution in [2.24, 2.45) is 5.92 Å². The summed E-state index contributed by atoms with van der Waals surface area (Å²) in [5, 5.41) is 7.75. The Hall–Kier alpha value is -2.09. The van der Waals surface area contributed by atoms with E-state index >= 15 is 0 Å². The lowest BCUT2D eigenvalue weighted by atomic mass is 10.0. The van der Waals surface area contributed by atoms with E-state index < -0.39 is 18.6 Å². The largest absolute Gasteiger partial charge is 0.405 e. The van der Waals surface area contributed by atoms with Gasteiger partial charge in [0.2, 0.25) is 5.91 Å². The van der Waals surface area contributed by atoms with Gasteiger partial charge in [-0.15, -0.1) is 0 Å². The molecule has 1 fully saturated rings. The maximum absolute atomic E-state index is 12.1. The zero-order valence-corrected chi connectivity index (χ0v) is 13.1. The van der Waals surface area contributed by atoms with Crippen molar-refractivity contribution < 1.29 is 22.8 Å². The molecule has 1 unspecified atom stereocenters. The van der Waals surface area contributed by atoms with Crippen molar-refractivity contribution in [2.75, 3.05) is 25.0 Å². The average Bonchev–Trinajstić information content (AvgIpc) is 3.04. The molecule has 0 radical (unpaired) electrons. The van der Waals surface area contributed by atoms with Crippen LogP contribution in [-0.4, -0.2) is 37.6 Å². The molecule has 2 rings (SSSR count). The molecule has 5 nitrogen and oxygen atoms in total. The van der Waals surface area contributed by atoms with Gasteiger partial charge in [-0.3, -0.25) is 9.59 Å². The zero-order chi connectivity index (χ0) is 17.6. The summed E-state index contributed by atoms with van der Waals surface area (Å²) in [6.45, 7) is 0.555. The van der Waals surface area contributed by atoms with Gasteiger partial charge in [0.25, 0.3) is 5.91 Å². The van der Waals surface area contributed by atoms with E-state index in [4.69, 9.17) is 0 Å². The fourth-order valence-electron chi connectivity index (χ4n) is 2.51. The van der Waals surface area contributed by atoms with E-state index in [-0.39, 0.29) is 11.5 Å². The average molecular weight is 343 g/mol. The van der Waals surface area contributed by atoms with Crippen molar-refractivity contribution >= 4 is 17.5 Å². The maximum Gasteiger partial charge on any atom is 0.405 e. The van der Waals surface area contributed by atoms with Gasteiger partial charge in [-0.1, -0.05) is 0 Å². The van der Waals surface area contributed by atoms with Crippen molar-refractivity contribution in [1.82, 2.24) is 10.6 Å². The molecule has 0 spiro atoms. The lowest BCUT2D eigenvalue weighted by Crippen LogP contribution is -2.33. The van der Waals surface area contributed by atoms with Gasteiger partial charge in [-0.2, -0.15) is 13.2 Å². The van der Waals surface area contributed by atoms with Crippen molar-refractivity contribution in [2.45, 2.75) is 25.4 Å². The van der Waals surface area contributed by atoms with Crippen LogP contribution in [0, 0.1) is 5.92 Å². The number of hydrogen-bond acceptors (Lipinski definition) is 3. The van der Waals surface area contributed by atoms with Crippen LogP contribution in [0.3, 0.4) is 0 Å². The second-order valence-electron chi connectivity index (χ2n) is 5.82. The minimum atomic E-state index is -4.45. The lowest BCUT2D eigenvalue weighted by Gasteiger charge is -2.10. The van der Waals surface area contributed by atoms with Crippen molar-refractivity contribution in [3.63, 3.8) is 0 Å². The summed E-state index contributed by atoms with van der Waals surface area (Å²) < 4.78 is 36.2. The Kier molecular flexibility index (Phi) is 6.19. The molecule has 1 aliphatic heterocycles. The number of carbonyl (C=O) groups excluding carboxylic acids is 2. The van der Waals surface area contributed by atoms with E-state index in [1.54, 1.807) is 5.32 Å². The van der Waals surface area contributed by atoms with Gasteiger partial charge in [-0.05, 0) is 56.1 Å². The molecule has 1 heterocycles. The lowest BCUT2D eigenvalue weighted by molar-refractivity contribution is -0.123. The smallest absolute Gasteiger partial charge is 0.343 e. The first-order valence-corrected chi connectivity index (χ1v) is 7.79. The predicted molar refractivity (Wildman–Crippen MR) is 83.7 cm³/mol. The molecule has 1 aromatic rings. The first-order valence-electron chi connectivity index (χ1n) is 7.79. The standard InChI is InChI=1S/C16H20F3N3O2/c17-16(18,19)10-21-15(24)12-2-4-13(5-3-12)22-14(23)6-1-11-7-8-20-9-11/h2-5,11,20H,1,6-10H2,(H,21,24)(H,22,23). The fraction of sp³-hybridized carbons (Fsp3) is 0.500. The Morgan fingerprint density at radius 3 is 2.50 bits per heavy atom. The Morgan fingerprint density at radius 2 is 1.92 bits per heavy atom. The number of hydrogen-bond donors (Lipinski definition) is 3. The van der Waals surface area contributed by atoms with Crippen LogP contribution in [0.15, 0.2) is 24.3 Å². The molecule has 0 aliphatic carbocycles. The molecule has 2 amide bonds. The van der Waals surface area contributed by atoms with E-state index in [1.165, 1.54) is 24.3 Å². The van der Waals surface area contributed by atoms with Crippen molar-refractivity contribution in [1.29, 1.82) is 0 Å². The molecule has 0 bridgehead atoms. The fourth-order valence-corrected chi connectivity index (χ4v) is 2.51. The topological polar surface area (TPSA) is 70.2 Å². The summed E-state index contributed by atoms with van der Waals surface area (Å²) in [7, 11) is 0. The Labute approximate surface area is 138 Å². The Bertz CT molecular complexity index is 567. The number of alkyl halides is 3. The van der Waals surface area contributed by atoms with Crippen LogP contribution in [-0.2, 0) is 4.79 Å². The molecule has 1 aromatic carbocycles. The molecule has 1 atom stereocenters. The van der Waals surface area contributed by atoms with E-state index in [1.807, 2.05) is 0 Å². The normalized spacial score (nSPS) is 17.5. The molecule has 132 valence electrons. The highest BCUT2D eigenvalue weighted by atomic mass is 19.4. The molecular weight excluding hydrogens is 323 g/mol. The minimum absolute atomic E-state index is 0.106. The van der Waals surface area contributed by atoms with Crippen molar-refractivity contribution in [3.8, 4) is 0 Å². The highest BCUT2D eigenvalue weighted by Crippen LogP contribution is 2.16. The highest BCUT2D eigenvalue weighted by molar-refractivity contribution is 5.95. The van der Waals surface area contributed by atoms with Gasteiger partial charge < -0.3 is 16.0 Å². The monoisotopic (exact) mass is 343 g/mol. The van der Waals surface area contributed by atoms with Crippen molar-refractivity contribution in [3.05, 3.63) is 29.8 Å². The molecule has 1 saturated heterocycles. The number of benzene rings is 1. The van der Waals surface area contributed by atoms with Gasteiger partial charge >= 0.3 is 6.18 Å². The molecule has 1 aliphatic rings. The SMILES string of the molecule is O=C(CCC1CCNC1)Nc1ccc(C(=O)NCC(F)(F)F)cc1. The zero-order valence-electron chi connectivity index (χ0n) is 13.1. The number of nitrogens with one attached hydrogen (secondary N) is 3. The predicted octanol–water partition coefficient (Wildman–Crippen LogP) is 2.31. The third-order valence-corrected chi connectivity index (χ3v) is 3.82. The van der Waals surface area contributed by atoms with Crippen LogP contribution in [0.2, 0.25) is 0 Å². The summed E-state index contributed by atoms with van der Waals surface area (Å²) in [6.07, 6.45) is -2.13. The van der Waals surface area contributed by atoms with Crippen LogP contribution >= 0.6 is 0 Å². The number of halogens is 3. The second kappa shape index (κ2) is 8.14. The molecule has 8 heteroatoms. The van der Waals surface area contributed by atoms with Crippen LogP contribution in [0.4, 0.5) is 18.9 Å². The minimum Gasteiger partial charge on any atom is -0.343 e. The summed E-state index contributed by atoms with van der Waals surface area (Å²) in [5.41, 5.74) is 0.617. The van der Waals surface area contributed by atoms with Gasteiger partial charge in [0.05, 0.1) is 0 Å². The van der Waals surface area contributed by atoms with Gasteiger partial charge in [0.15, 0.2) is 0 Å². The molecular formula is C16H20F3N3O2. The number of amides is 2. The molecule has 0 saturated carbocycles. The maximum atomic E-state index is 12.1. The summed E-state index contributed by atoms with van der Waals surface area (Å²) in [5.74, 6) is -0.398. The number of anilines is 1.